The van der Waals surface area contributed by atoms with E-state index in [9.17, 15) is 0 Å². The minimum Gasteiger partial charge on any atom is -0.491 e. The number of hydrogen-bond donors (Lipinski definition) is 1. The first-order chi connectivity index (χ1) is 8.52. The van der Waals surface area contributed by atoms with Crippen molar-refractivity contribution >= 4 is 0 Å². The summed E-state index contributed by atoms with van der Waals surface area (Å²) < 4.78 is 5.68. The Morgan fingerprint density at radius 3 is 2.44 bits per heavy atom. The van der Waals surface area contributed by atoms with E-state index >= 15 is 0 Å². The van der Waals surface area contributed by atoms with E-state index < -0.39 is 0 Å². The summed E-state index contributed by atoms with van der Waals surface area (Å²) in [6.07, 6.45) is 5.11. The first-order valence-corrected chi connectivity index (χ1v) is 7.08. The van der Waals surface area contributed by atoms with Crippen molar-refractivity contribution in [3.8, 4) is 5.75 Å². The summed E-state index contributed by atoms with van der Waals surface area (Å²) >= 11 is 0. The molecule has 2 atom stereocenters. The Morgan fingerprint density at radius 2 is 1.89 bits per heavy atom. The fourth-order valence-electron chi connectivity index (χ4n) is 2.92. The van der Waals surface area contributed by atoms with Gasteiger partial charge in [-0.15, -0.1) is 0 Å². The van der Waals surface area contributed by atoms with Crippen LogP contribution in [0.2, 0.25) is 0 Å². The van der Waals surface area contributed by atoms with E-state index in [-0.39, 0.29) is 11.6 Å². The molecule has 1 saturated carbocycles. The molecule has 2 N–H and O–H groups in total. The molecule has 1 aliphatic carbocycles. The molecular weight excluding hydrogens is 222 g/mol. The lowest BCUT2D eigenvalue weighted by atomic mass is 9.70. The average molecular weight is 247 g/mol. The lowest BCUT2D eigenvalue weighted by molar-refractivity contribution is 0.206. The van der Waals surface area contributed by atoms with Crippen molar-refractivity contribution in [1.29, 1.82) is 0 Å². The number of hydrogen-bond acceptors (Lipinski definition) is 2. The zero-order valence-electron chi connectivity index (χ0n) is 11.8. The molecule has 1 fully saturated rings. The molecule has 0 heterocycles. The van der Waals surface area contributed by atoms with Crippen LogP contribution in [-0.4, -0.2) is 6.10 Å². The molecule has 0 aliphatic heterocycles. The predicted molar refractivity (Wildman–Crippen MR) is 75.7 cm³/mol. The molecule has 1 aliphatic rings. The second-order valence-corrected chi connectivity index (χ2v) is 5.88. The van der Waals surface area contributed by atoms with Crippen molar-refractivity contribution in [2.24, 2.45) is 11.7 Å². The Bertz CT molecular complexity index is 385. The third-order valence-electron chi connectivity index (χ3n) is 4.12. The van der Waals surface area contributed by atoms with Gasteiger partial charge in [-0.2, -0.15) is 0 Å². The Labute approximate surface area is 111 Å². The van der Waals surface area contributed by atoms with Gasteiger partial charge in [-0.1, -0.05) is 31.9 Å². The molecule has 18 heavy (non-hydrogen) atoms. The fourth-order valence-corrected chi connectivity index (χ4v) is 2.92. The molecule has 0 aromatic heterocycles. The summed E-state index contributed by atoms with van der Waals surface area (Å²) in [6.45, 7) is 6.36. The summed E-state index contributed by atoms with van der Waals surface area (Å²) in [5.41, 5.74) is 7.75. The molecule has 0 spiro atoms. The molecular formula is C16H25NO. The third-order valence-corrected chi connectivity index (χ3v) is 4.12. The summed E-state index contributed by atoms with van der Waals surface area (Å²) in [5.74, 6) is 1.49. The maximum Gasteiger partial charge on any atom is 0.119 e. The highest BCUT2D eigenvalue weighted by Gasteiger charge is 2.35. The Balaban J connectivity index is 2.17. The normalized spacial score (nSPS) is 28.4. The first kappa shape index (κ1) is 13.4. The monoisotopic (exact) mass is 247 g/mol. The lowest BCUT2D eigenvalue weighted by Gasteiger charge is -2.40. The third kappa shape index (κ3) is 2.69. The highest BCUT2D eigenvalue weighted by atomic mass is 16.5. The second-order valence-electron chi connectivity index (χ2n) is 5.88. The van der Waals surface area contributed by atoms with Crippen molar-refractivity contribution < 1.29 is 4.74 Å². The maximum absolute atomic E-state index is 6.63. The van der Waals surface area contributed by atoms with Gasteiger partial charge in [0.25, 0.3) is 0 Å². The molecule has 1 aromatic rings. The number of rotatable bonds is 3. The van der Waals surface area contributed by atoms with Crippen molar-refractivity contribution in [3.05, 3.63) is 29.8 Å². The van der Waals surface area contributed by atoms with E-state index in [1.807, 2.05) is 26.0 Å². The van der Waals surface area contributed by atoms with Gasteiger partial charge in [0.15, 0.2) is 0 Å². The van der Waals surface area contributed by atoms with Crippen molar-refractivity contribution in [3.63, 3.8) is 0 Å². The Hall–Kier alpha value is -1.02. The predicted octanol–water partition coefficient (Wildman–Crippen LogP) is 3.84. The van der Waals surface area contributed by atoms with E-state index in [2.05, 4.69) is 19.1 Å². The molecule has 2 rings (SSSR count). The van der Waals surface area contributed by atoms with Gasteiger partial charge in [0.1, 0.15) is 5.75 Å². The zero-order chi connectivity index (χ0) is 13.2. The summed E-state index contributed by atoms with van der Waals surface area (Å²) in [5, 5.41) is 0. The summed E-state index contributed by atoms with van der Waals surface area (Å²) in [6, 6.07) is 8.37. The number of nitrogens with two attached hydrogens (primary N) is 1. The standard InChI is InChI=1S/C16H25NO/c1-12(2)18-15-9-7-14(8-10-15)16(17)11-5-4-6-13(16)3/h7-10,12-13H,4-6,11,17H2,1-3H3. The average Bonchev–Trinajstić information content (AvgIpc) is 2.33. The molecule has 2 unspecified atom stereocenters. The van der Waals surface area contributed by atoms with Gasteiger partial charge >= 0.3 is 0 Å². The van der Waals surface area contributed by atoms with Crippen molar-refractivity contribution in [2.45, 2.75) is 58.1 Å². The fraction of sp³-hybridized carbons (Fsp3) is 0.625. The molecule has 2 nitrogen and oxygen atoms in total. The number of benzene rings is 1. The largest absolute Gasteiger partial charge is 0.491 e. The van der Waals surface area contributed by atoms with Crippen LogP contribution in [0, 0.1) is 5.92 Å². The van der Waals surface area contributed by atoms with E-state index in [0.29, 0.717) is 5.92 Å². The topological polar surface area (TPSA) is 35.2 Å². The molecule has 0 radical (unpaired) electrons. The minimum atomic E-state index is -0.144. The minimum absolute atomic E-state index is 0.144. The highest BCUT2D eigenvalue weighted by molar-refractivity contribution is 5.32. The van der Waals surface area contributed by atoms with Gasteiger partial charge in [0.05, 0.1) is 6.10 Å². The highest BCUT2D eigenvalue weighted by Crippen LogP contribution is 2.39. The quantitative estimate of drug-likeness (QED) is 0.880. The molecule has 2 heteroatoms. The van der Waals surface area contributed by atoms with Gasteiger partial charge in [-0.3, -0.25) is 0 Å². The van der Waals surface area contributed by atoms with Gasteiger partial charge in [0, 0.05) is 5.54 Å². The second kappa shape index (κ2) is 5.31. The van der Waals surface area contributed by atoms with Crippen molar-refractivity contribution in [2.75, 3.05) is 0 Å². The van der Waals surface area contributed by atoms with E-state index in [1.54, 1.807) is 0 Å². The molecule has 0 bridgehead atoms. The van der Waals surface area contributed by atoms with Crippen LogP contribution in [0.5, 0.6) is 5.75 Å². The van der Waals surface area contributed by atoms with Gasteiger partial charge in [-0.25, -0.2) is 0 Å². The van der Waals surface area contributed by atoms with Crippen LogP contribution in [-0.2, 0) is 5.54 Å². The van der Waals surface area contributed by atoms with Gasteiger partial charge in [0.2, 0.25) is 0 Å². The van der Waals surface area contributed by atoms with E-state index in [4.69, 9.17) is 10.5 Å². The van der Waals surface area contributed by atoms with Gasteiger partial charge in [-0.05, 0) is 50.3 Å². The van der Waals surface area contributed by atoms with Crippen LogP contribution in [0.25, 0.3) is 0 Å². The smallest absolute Gasteiger partial charge is 0.119 e. The summed E-state index contributed by atoms with van der Waals surface area (Å²) in [7, 11) is 0. The maximum atomic E-state index is 6.63. The Kier molecular flexibility index (Phi) is 3.96. The SMILES string of the molecule is CC(C)Oc1ccc(C2(N)CCCCC2C)cc1. The van der Waals surface area contributed by atoms with Gasteiger partial charge < -0.3 is 10.5 Å². The van der Waals surface area contributed by atoms with Crippen LogP contribution in [0.15, 0.2) is 24.3 Å². The van der Waals surface area contributed by atoms with Crippen LogP contribution in [0.3, 0.4) is 0 Å². The lowest BCUT2D eigenvalue weighted by Crippen LogP contribution is -2.45. The van der Waals surface area contributed by atoms with E-state index in [1.165, 1.54) is 24.8 Å². The molecule has 0 amide bonds. The molecule has 100 valence electrons. The van der Waals surface area contributed by atoms with E-state index in [0.717, 1.165) is 12.2 Å². The van der Waals surface area contributed by atoms with Crippen LogP contribution >= 0.6 is 0 Å². The first-order valence-electron chi connectivity index (χ1n) is 7.08. The molecule has 1 aromatic carbocycles. The summed E-state index contributed by atoms with van der Waals surface area (Å²) in [4.78, 5) is 0. The molecule has 0 saturated heterocycles. The van der Waals surface area contributed by atoms with Crippen molar-refractivity contribution in [1.82, 2.24) is 0 Å². The number of ether oxygens (including phenoxy) is 1. The Morgan fingerprint density at radius 1 is 1.22 bits per heavy atom. The van der Waals surface area contributed by atoms with Crippen LogP contribution in [0.1, 0.15) is 52.0 Å². The van der Waals surface area contributed by atoms with Crippen LogP contribution in [0.4, 0.5) is 0 Å². The zero-order valence-corrected chi connectivity index (χ0v) is 11.8. The van der Waals surface area contributed by atoms with Crippen LogP contribution < -0.4 is 10.5 Å².